The summed E-state index contributed by atoms with van der Waals surface area (Å²) in [7, 11) is -3.19. The molecule has 0 aromatic heterocycles. The molecule has 0 aromatic rings. The number of guanidine groups is 1. The maximum absolute atomic E-state index is 12.3. The summed E-state index contributed by atoms with van der Waals surface area (Å²) in [5, 5.41) is 3.43. The SMILES string of the molecule is CC(C)(C)OC(=O)N1CCN2C(NCC3CCCC3NS(C)(=O)=O)=NCC2C1. The molecule has 1 saturated heterocycles. The maximum Gasteiger partial charge on any atom is 0.410 e. The van der Waals surface area contributed by atoms with Gasteiger partial charge in [0.1, 0.15) is 5.60 Å². The van der Waals surface area contributed by atoms with E-state index < -0.39 is 15.6 Å². The van der Waals surface area contributed by atoms with Gasteiger partial charge in [-0.3, -0.25) is 4.99 Å². The Morgan fingerprint density at radius 2 is 2.04 bits per heavy atom. The van der Waals surface area contributed by atoms with Gasteiger partial charge >= 0.3 is 6.09 Å². The highest BCUT2D eigenvalue weighted by molar-refractivity contribution is 7.88. The first-order valence-electron chi connectivity index (χ1n) is 10.0. The normalized spacial score (nSPS) is 28.1. The van der Waals surface area contributed by atoms with Gasteiger partial charge < -0.3 is 19.9 Å². The summed E-state index contributed by atoms with van der Waals surface area (Å²) in [5.41, 5.74) is -0.495. The van der Waals surface area contributed by atoms with Crippen molar-refractivity contribution in [2.75, 3.05) is 39.0 Å². The van der Waals surface area contributed by atoms with Crippen molar-refractivity contribution in [2.24, 2.45) is 10.9 Å². The minimum Gasteiger partial charge on any atom is -0.444 e. The highest BCUT2D eigenvalue weighted by Gasteiger charge is 2.37. The van der Waals surface area contributed by atoms with Crippen molar-refractivity contribution >= 4 is 22.1 Å². The van der Waals surface area contributed by atoms with Crippen molar-refractivity contribution in [3.63, 3.8) is 0 Å². The predicted octanol–water partition coefficient (Wildman–Crippen LogP) is 0.585. The first-order chi connectivity index (χ1) is 13.0. The van der Waals surface area contributed by atoms with Crippen LogP contribution in [0.3, 0.4) is 0 Å². The maximum atomic E-state index is 12.3. The van der Waals surface area contributed by atoms with Crippen LogP contribution in [-0.4, -0.2) is 86.9 Å². The minimum atomic E-state index is -3.19. The molecule has 1 aliphatic carbocycles. The zero-order valence-electron chi connectivity index (χ0n) is 17.3. The fourth-order valence-electron chi connectivity index (χ4n) is 4.16. The van der Waals surface area contributed by atoms with Crippen molar-refractivity contribution in [3.05, 3.63) is 0 Å². The van der Waals surface area contributed by atoms with Gasteiger partial charge in [-0.1, -0.05) is 6.42 Å². The Balaban J connectivity index is 1.49. The molecule has 3 atom stereocenters. The third kappa shape index (κ3) is 5.50. The van der Waals surface area contributed by atoms with Crippen molar-refractivity contribution in [2.45, 2.75) is 57.7 Å². The molecule has 2 N–H and O–H groups in total. The number of aliphatic imine (C=N–C) groups is 1. The van der Waals surface area contributed by atoms with Crippen LogP contribution in [0.2, 0.25) is 0 Å². The van der Waals surface area contributed by atoms with Crippen molar-refractivity contribution in [1.29, 1.82) is 0 Å². The molecule has 2 heterocycles. The number of hydrogen-bond acceptors (Lipinski definition) is 7. The summed E-state index contributed by atoms with van der Waals surface area (Å²) < 4.78 is 31.3. The van der Waals surface area contributed by atoms with Crippen molar-refractivity contribution < 1.29 is 17.9 Å². The summed E-state index contributed by atoms with van der Waals surface area (Å²) in [6.45, 7) is 8.89. The molecule has 0 aromatic carbocycles. The number of hydrogen-bond donors (Lipinski definition) is 2. The number of ether oxygens (including phenoxy) is 1. The fourth-order valence-corrected chi connectivity index (χ4v) is 5.02. The van der Waals surface area contributed by atoms with Gasteiger partial charge in [0.05, 0.1) is 18.8 Å². The second-order valence-corrected chi connectivity index (χ2v) is 10.8. The number of amides is 1. The largest absolute Gasteiger partial charge is 0.444 e. The molecule has 160 valence electrons. The average molecular weight is 416 g/mol. The number of fused-ring (bicyclic) bond motifs is 1. The van der Waals surface area contributed by atoms with Crippen LogP contribution in [0.25, 0.3) is 0 Å². The van der Waals surface area contributed by atoms with E-state index in [1.165, 1.54) is 6.26 Å². The summed E-state index contributed by atoms with van der Waals surface area (Å²) in [4.78, 5) is 20.9. The van der Waals surface area contributed by atoms with Crippen LogP contribution in [0.5, 0.6) is 0 Å². The summed E-state index contributed by atoms with van der Waals surface area (Å²) in [5.74, 6) is 1.12. The van der Waals surface area contributed by atoms with Crippen LogP contribution in [0.15, 0.2) is 4.99 Å². The Morgan fingerprint density at radius 1 is 1.29 bits per heavy atom. The molecule has 10 heteroatoms. The monoisotopic (exact) mass is 415 g/mol. The number of nitrogens with one attached hydrogen (secondary N) is 2. The number of nitrogens with zero attached hydrogens (tertiary/aromatic N) is 3. The molecule has 0 radical (unpaired) electrons. The van der Waals surface area contributed by atoms with E-state index in [0.717, 1.165) is 25.2 Å². The number of sulfonamides is 1. The van der Waals surface area contributed by atoms with Gasteiger partial charge in [-0.25, -0.2) is 17.9 Å². The molecular formula is C18H33N5O4S. The van der Waals surface area contributed by atoms with Crippen LogP contribution >= 0.6 is 0 Å². The first kappa shape index (κ1) is 21.2. The molecule has 28 heavy (non-hydrogen) atoms. The van der Waals surface area contributed by atoms with E-state index in [2.05, 4.69) is 19.9 Å². The molecule has 1 saturated carbocycles. The van der Waals surface area contributed by atoms with Gasteiger partial charge in [0, 0.05) is 32.2 Å². The van der Waals surface area contributed by atoms with Crippen molar-refractivity contribution in [3.8, 4) is 0 Å². The predicted molar refractivity (Wildman–Crippen MR) is 108 cm³/mol. The van der Waals surface area contributed by atoms with Crippen LogP contribution < -0.4 is 10.0 Å². The zero-order valence-corrected chi connectivity index (χ0v) is 18.1. The summed E-state index contributed by atoms with van der Waals surface area (Å²) in [6, 6.07) is 0.154. The fraction of sp³-hybridized carbons (Fsp3) is 0.889. The molecule has 3 unspecified atom stereocenters. The molecule has 9 nitrogen and oxygen atoms in total. The molecule has 3 rings (SSSR count). The Bertz CT molecular complexity index is 718. The van der Waals surface area contributed by atoms with E-state index >= 15 is 0 Å². The number of rotatable bonds is 4. The Kier molecular flexibility index (Phi) is 6.09. The molecule has 0 spiro atoms. The van der Waals surface area contributed by atoms with Gasteiger partial charge in [0.2, 0.25) is 10.0 Å². The zero-order chi connectivity index (χ0) is 20.5. The lowest BCUT2D eigenvalue weighted by molar-refractivity contribution is 0.0137. The average Bonchev–Trinajstić information content (AvgIpc) is 3.15. The lowest BCUT2D eigenvalue weighted by atomic mass is 10.1. The van der Waals surface area contributed by atoms with E-state index in [1.807, 2.05) is 20.8 Å². The van der Waals surface area contributed by atoms with Gasteiger partial charge in [-0.05, 0) is 39.5 Å². The number of carbonyl (C=O) groups excluding carboxylic acids is 1. The smallest absolute Gasteiger partial charge is 0.410 e. The van der Waals surface area contributed by atoms with Crippen LogP contribution in [-0.2, 0) is 14.8 Å². The molecule has 2 aliphatic heterocycles. The molecule has 3 aliphatic rings. The Hall–Kier alpha value is -1.55. The third-order valence-corrected chi connectivity index (χ3v) is 6.14. The van der Waals surface area contributed by atoms with Gasteiger partial charge in [-0.2, -0.15) is 0 Å². The number of piperazine rings is 1. The molecule has 1 amide bonds. The third-order valence-electron chi connectivity index (χ3n) is 5.41. The number of carbonyl (C=O) groups is 1. The summed E-state index contributed by atoms with van der Waals surface area (Å²) >= 11 is 0. The van der Waals surface area contributed by atoms with Crippen molar-refractivity contribution in [1.82, 2.24) is 19.8 Å². The lowest BCUT2D eigenvalue weighted by Crippen LogP contribution is -2.58. The summed E-state index contributed by atoms with van der Waals surface area (Å²) in [6.07, 6.45) is 3.86. The standard InChI is InChI=1S/C18H33N5O4S/c1-18(2,3)27-17(24)22-8-9-23-14(12-22)11-20-16(23)19-10-13-6-5-7-15(13)21-28(4,25)26/h13-15,21H,5-12H2,1-4H3,(H,19,20). The minimum absolute atomic E-state index is 0.00989. The van der Waals surface area contributed by atoms with E-state index in [0.29, 0.717) is 32.7 Å². The second kappa shape index (κ2) is 8.06. The van der Waals surface area contributed by atoms with E-state index in [-0.39, 0.29) is 24.1 Å². The molecular weight excluding hydrogens is 382 g/mol. The highest BCUT2D eigenvalue weighted by atomic mass is 32.2. The van der Waals surface area contributed by atoms with Crippen LogP contribution in [0.1, 0.15) is 40.0 Å². The van der Waals surface area contributed by atoms with Crippen LogP contribution in [0, 0.1) is 5.92 Å². The van der Waals surface area contributed by atoms with Gasteiger partial charge in [0.15, 0.2) is 5.96 Å². The molecule has 0 bridgehead atoms. The van der Waals surface area contributed by atoms with E-state index in [9.17, 15) is 13.2 Å². The topological polar surface area (TPSA) is 103 Å². The second-order valence-electron chi connectivity index (χ2n) is 9.01. The van der Waals surface area contributed by atoms with E-state index in [4.69, 9.17) is 4.74 Å². The Morgan fingerprint density at radius 3 is 2.71 bits per heavy atom. The van der Waals surface area contributed by atoms with E-state index in [1.54, 1.807) is 4.90 Å². The van der Waals surface area contributed by atoms with Gasteiger partial charge in [0.25, 0.3) is 0 Å². The van der Waals surface area contributed by atoms with Crippen LogP contribution in [0.4, 0.5) is 4.79 Å². The Labute approximate surface area is 167 Å². The molecule has 2 fully saturated rings. The van der Waals surface area contributed by atoms with Gasteiger partial charge in [-0.15, -0.1) is 0 Å². The quantitative estimate of drug-likeness (QED) is 0.696. The first-order valence-corrected chi connectivity index (χ1v) is 11.9. The highest BCUT2D eigenvalue weighted by Crippen LogP contribution is 2.26. The lowest BCUT2D eigenvalue weighted by Gasteiger charge is -2.39.